The molecule has 0 amide bonds. The molecule has 0 fully saturated rings. The molecule has 1 heteroatoms. The molecule has 15 heavy (non-hydrogen) atoms. The minimum atomic E-state index is 0.253. The van der Waals surface area contributed by atoms with E-state index in [1.54, 1.807) is 0 Å². The molecule has 1 heterocycles. The monoisotopic (exact) mass is 196 g/mol. The lowest BCUT2D eigenvalue weighted by Gasteiger charge is -2.31. The van der Waals surface area contributed by atoms with Crippen LogP contribution in [0, 0.1) is 0 Å². The van der Waals surface area contributed by atoms with Gasteiger partial charge in [0.15, 0.2) is 0 Å². The van der Waals surface area contributed by atoms with Crippen LogP contribution in [0.15, 0.2) is 54.6 Å². The lowest BCUT2D eigenvalue weighted by atomic mass is 9.96. The first-order chi connectivity index (χ1) is 7.43. The van der Waals surface area contributed by atoms with E-state index in [1.165, 1.54) is 11.1 Å². The van der Waals surface area contributed by atoms with Crippen molar-refractivity contribution in [3.05, 3.63) is 65.7 Å². The molecule has 1 atom stereocenters. The van der Waals surface area contributed by atoms with Crippen molar-refractivity contribution < 1.29 is 4.74 Å². The van der Waals surface area contributed by atoms with E-state index in [9.17, 15) is 0 Å². The van der Waals surface area contributed by atoms with Crippen LogP contribution in [-0.4, -0.2) is 0 Å². The number of fused-ring (bicyclic) bond motifs is 1. The summed E-state index contributed by atoms with van der Waals surface area (Å²) in [5, 5.41) is 0. The molecule has 0 bridgehead atoms. The maximum Gasteiger partial charge on any atom is 0.131 e. The summed E-state index contributed by atoms with van der Waals surface area (Å²) in [4.78, 5) is 0. The third-order valence-electron chi connectivity index (χ3n) is 2.80. The van der Waals surface area contributed by atoms with Crippen molar-refractivity contribution in [2.75, 3.05) is 0 Å². The largest absolute Gasteiger partial charge is 0.485 e. The standard InChI is InChI=1S/C14H12O/c1-2-6-11(7-3-1)10-14-12-8-4-5-9-13(12)15-14/h1-9,14H,10H2. The Labute approximate surface area is 89.3 Å². The molecule has 2 aromatic carbocycles. The second-order valence-electron chi connectivity index (χ2n) is 3.83. The fraction of sp³-hybridized carbons (Fsp3) is 0.143. The predicted octanol–water partition coefficient (Wildman–Crippen LogP) is 3.36. The highest BCUT2D eigenvalue weighted by Crippen LogP contribution is 2.40. The first-order valence-corrected chi connectivity index (χ1v) is 5.23. The van der Waals surface area contributed by atoms with E-state index < -0.39 is 0 Å². The number of hydrogen-bond acceptors (Lipinski definition) is 1. The number of benzene rings is 2. The quantitative estimate of drug-likeness (QED) is 0.715. The maximum absolute atomic E-state index is 5.69. The average molecular weight is 196 g/mol. The third kappa shape index (κ3) is 1.50. The molecule has 1 unspecified atom stereocenters. The van der Waals surface area contributed by atoms with Crippen molar-refractivity contribution in [2.24, 2.45) is 0 Å². The highest BCUT2D eigenvalue weighted by atomic mass is 16.5. The number of hydrogen-bond donors (Lipinski definition) is 0. The topological polar surface area (TPSA) is 9.23 Å². The maximum atomic E-state index is 5.69. The van der Waals surface area contributed by atoms with Crippen LogP contribution in [0.25, 0.3) is 0 Å². The fourth-order valence-corrected chi connectivity index (χ4v) is 1.99. The van der Waals surface area contributed by atoms with Gasteiger partial charge in [-0.1, -0.05) is 48.5 Å². The summed E-state index contributed by atoms with van der Waals surface area (Å²) in [5.41, 5.74) is 2.67. The molecule has 1 aliphatic heterocycles. The smallest absolute Gasteiger partial charge is 0.131 e. The normalized spacial score (nSPS) is 17.5. The summed E-state index contributed by atoms with van der Waals surface area (Å²) in [6.07, 6.45) is 1.22. The van der Waals surface area contributed by atoms with Gasteiger partial charge in [-0.15, -0.1) is 0 Å². The van der Waals surface area contributed by atoms with Crippen molar-refractivity contribution in [3.63, 3.8) is 0 Å². The van der Waals surface area contributed by atoms with E-state index in [-0.39, 0.29) is 6.10 Å². The highest BCUT2D eigenvalue weighted by molar-refractivity contribution is 5.42. The van der Waals surface area contributed by atoms with Gasteiger partial charge in [0.2, 0.25) is 0 Å². The van der Waals surface area contributed by atoms with Crippen LogP contribution in [0.3, 0.4) is 0 Å². The Kier molecular flexibility index (Phi) is 1.95. The summed E-state index contributed by atoms with van der Waals surface area (Å²) in [5.74, 6) is 1.04. The van der Waals surface area contributed by atoms with Gasteiger partial charge in [0.25, 0.3) is 0 Å². The Morgan fingerprint density at radius 3 is 2.40 bits per heavy atom. The van der Waals surface area contributed by atoms with E-state index in [0.29, 0.717) is 0 Å². The van der Waals surface area contributed by atoms with Gasteiger partial charge in [-0.3, -0.25) is 0 Å². The van der Waals surface area contributed by atoms with E-state index in [4.69, 9.17) is 4.74 Å². The molecule has 0 spiro atoms. The molecular weight excluding hydrogens is 184 g/mol. The van der Waals surface area contributed by atoms with E-state index >= 15 is 0 Å². The molecular formula is C14H12O. The lowest BCUT2D eigenvalue weighted by Crippen LogP contribution is -2.20. The summed E-state index contributed by atoms with van der Waals surface area (Å²) in [6.45, 7) is 0. The number of rotatable bonds is 2. The van der Waals surface area contributed by atoms with Gasteiger partial charge < -0.3 is 4.74 Å². The van der Waals surface area contributed by atoms with Crippen molar-refractivity contribution in [1.82, 2.24) is 0 Å². The predicted molar refractivity (Wildman–Crippen MR) is 60.0 cm³/mol. The lowest BCUT2D eigenvalue weighted by molar-refractivity contribution is 0.147. The second-order valence-corrected chi connectivity index (χ2v) is 3.83. The van der Waals surface area contributed by atoms with Gasteiger partial charge in [-0.05, 0) is 11.6 Å². The number of para-hydroxylation sites is 1. The highest BCUT2D eigenvalue weighted by Gasteiger charge is 2.27. The van der Waals surface area contributed by atoms with Crippen LogP contribution in [-0.2, 0) is 6.42 Å². The van der Waals surface area contributed by atoms with Crippen molar-refractivity contribution >= 4 is 0 Å². The van der Waals surface area contributed by atoms with Gasteiger partial charge >= 0.3 is 0 Å². The number of ether oxygens (including phenoxy) is 1. The zero-order valence-electron chi connectivity index (χ0n) is 8.39. The van der Waals surface area contributed by atoms with Crippen LogP contribution >= 0.6 is 0 Å². The minimum Gasteiger partial charge on any atom is -0.485 e. The third-order valence-corrected chi connectivity index (χ3v) is 2.80. The van der Waals surface area contributed by atoms with Crippen LogP contribution in [0.1, 0.15) is 17.2 Å². The molecule has 1 nitrogen and oxygen atoms in total. The summed E-state index contributed by atoms with van der Waals surface area (Å²) in [6, 6.07) is 18.7. The Morgan fingerprint density at radius 1 is 0.867 bits per heavy atom. The van der Waals surface area contributed by atoms with Crippen molar-refractivity contribution in [2.45, 2.75) is 12.5 Å². The summed E-state index contributed by atoms with van der Waals surface area (Å²) >= 11 is 0. The molecule has 0 radical (unpaired) electrons. The van der Waals surface area contributed by atoms with Crippen LogP contribution in [0.4, 0.5) is 0 Å². The Hall–Kier alpha value is -1.76. The van der Waals surface area contributed by atoms with Gasteiger partial charge in [0.1, 0.15) is 11.9 Å². The molecule has 0 N–H and O–H groups in total. The van der Waals surface area contributed by atoms with E-state index in [1.807, 2.05) is 18.2 Å². The molecule has 0 saturated heterocycles. The van der Waals surface area contributed by atoms with Gasteiger partial charge in [0.05, 0.1) is 0 Å². The van der Waals surface area contributed by atoms with Gasteiger partial charge in [-0.25, -0.2) is 0 Å². The van der Waals surface area contributed by atoms with Crippen molar-refractivity contribution in [3.8, 4) is 5.75 Å². The second kappa shape index (κ2) is 3.43. The molecule has 1 aliphatic rings. The zero-order chi connectivity index (χ0) is 10.1. The van der Waals surface area contributed by atoms with Crippen LogP contribution in [0.5, 0.6) is 5.75 Å². The molecule has 0 aromatic heterocycles. The van der Waals surface area contributed by atoms with Crippen LogP contribution in [0.2, 0.25) is 0 Å². The van der Waals surface area contributed by atoms with E-state index in [2.05, 4.69) is 36.4 Å². The molecule has 0 aliphatic carbocycles. The zero-order valence-corrected chi connectivity index (χ0v) is 8.39. The van der Waals surface area contributed by atoms with Crippen molar-refractivity contribution in [1.29, 1.82) is 0 Å². The Balaban J connectivity index is 1.79. The molecule has 2 aromatic rings. The Bertz CT molecular complexity index is 462. The summed E-state index contributed by atoms with van der Waals surface area (Å²) in [7, 11) is 0. The van der Waals surface area contributed by atoms with Gasteiger partial charge in [-0.2, -0.15) is 0 Å². The molecule has 0 saturated carbocycles. The molecule has 74 valence electrons. The SMILES string of the molecule is c1ccc(CC2Oc3ccccc32)cc1. The average Bonchev–Trinajstić information content (AvgIpc) is 2.27. The van der Waals surface area contributed by atoms with Crippen LogP contribution < -0.4 is 4.74 Å². The Morgan fingerprint density at radius 2 is 1.60 bits per heavy atom. The minimum absolute atomic E-state index is 0.253. The fourth-order valence-electron chi connectivity index (χ4n) is 1.99. The summed E-state index contributed by atoms with van der Waals surface area (Å²) < 4.78 is 5.69. The first kappa shape index (κ1) is 8.54. The first-order valence-electron chi connectivity index (χ1n) is 5.23. The molecule has 3 rings (SSSR count). The van der Waals surface area contributed by atoms with E-state index in [0.717, 1.165) is 12.2 Å². The van der Waals surface area contributed by atoms with Gasteiger partial charge in [0, 0.05) is 12.0 Å².